The normalized spacial score (nSPS) is 11.7. The highest BCUT2D eigenvalue weighted by atomic mass is 35.5. The quantitative estimate of drug-likeness (QED) is 0.537. The summed E-state index contributed by atoms with van der Waals surface area (Å²) in [6.07, 6.45) is 0. The lowest BCUT2D eigenvalue weighted by Crippen LogP contribution is -2.28. The Hall–Kier alpha value is -2.91. The van der Waals surface area contributed by atoms with Gasteiger partial charge in [-0.2, -0.15) is 0 Å². The van der Waals surface area contributed by atoms with Crippen LogP contribution in [0.5, 0.6) is 0 Å². The summed E-state index contributed by atoms with van der Waals surface area (Å²) in [6, 6.07) is 12.5. The lowest BCUT2D eigenvalue weighted by molar-refractivity contribution is -0.113. The maximum absolute atomic E-state index is 13.2. The molecule has 1 atom stereocenters. The van der Waals surface area contributed by atoms with Crippen molar-refractivity contribution in [3.63, 3.8) is 0 Å². The highest BCUT2D eigenvalue weighted by molar-refractivity contribution is 7.99. The molecule has 156 valence electrons. The van der Waals surface area contributed by atoms with Gasteiger partial charge < -0.3 is 15.2 Å². The van der Waals surface area contributed by atoms with E-state index in [-0.39, 0.29) is 28.6 Å². The molecule has 1 aromatic heterocycles. The fraction of sp³-hybridized carbons (Fsp3) is 0.200. The third kappa shape index (κ3) is 5.37. The average Bonchev–Trinajstić information content (AvgIpc) is 3.10. The number of carbonyl (C=O) groups excluding carboxylic acids is 2. The number of carbonyl (C=O) groups is 2. The topological polar surface area (TPSA) is 88.9 Å². The predicted octanol–water partition coefficient (Wildman–Crippen LogP) is 3.83. The highest BCUT2D eigenvalue weighted by Gasteiger charge is 2.19. The van der Waals surface area contributed by atoms with Crippen molar-refractivity contribution in [1.29, 1.82) is 0 Å². The number of nitrogens with zero attached hydrogens (tertiary/aromatic N) is 3. The number of amides is 2. The van der Waals surface area contributed by atoms with Crippen molar-refractivity contribution in [2.24, 2.45) is 7.05 Å². The maximum Gasteiger partial charge on any atom is 0.251 e. The van der Waals surface area contributed by atoms with Crippen LogP contribution in [-0.2, 0) is 11.8 Å². The lowest BCUT2D eigenvalue weighted by Gasteiger charge is -2.13. The van der Waals surface area contributed by atoms with Crippen molar-refractivity contribution < 1.29 is 14.0 Å². The Labute approximate surface area is 182 Å². The summed E-state index contributed by atoms with van der Waals surface area (Å²) in [5, 5.41) is 14.2. The molecule has 0 unspecified atom stereocenters. The van der Waals surface area contributed by atoms with E-state index in [1.807, 2.05) is 13.0 Å². The SMILES string of the molecule is C[C@H](NC(=O)c1ccccc1)c1nnc(SCC(=O)Nc2ccc(F)c(Cl)c2)n1C. The first kappa shape index (κ1) is 21.8. The van der Waals surface area contributed by atoms with Gasteiger partial charge >= 0.3 is 0 Å². The number of halogens is 2. The van der Waals surface area contributed by atoms with Gasteiger partial charge in [-0.25, -0.2) is 4.39 Å². The second-order valence-corrected chi connectivity index (χ2v) is 7.78. The van der Waals surface area contributed by atoms with Crippen molar-refractivity contribution in [1.82, 2.24) is 20.1 Å². The molecule has 0 saturated heterocycles. The Kier molecular flexibility index (Phi) is 7.07. The van der Waals surface area contributed by atoms with Gasteiger partial charge in [0.05, 0.1) is 16.8 Å². The number of thioether (sulfide) groups is 1. The number of benzene rings is 2. The summed E-state index contributed by atoms with van der Waals surface area (Å²) in [4.78, 5) is 24.5. The summed E-state index contributed by atoms with van der Waals surface area (Å²) >= 11 is 6.91. The van der Waals surface area contributed by atoms with Gasteiger partial charge in [0, 0.05) is 18.3 Å². The molecule has 7 nitrogen and oxygen atoms in total. The third-order valence-corrected chi connectivity index (χ3v) is 5.49. The van der Waals surface area contributed by atoms with E-state index in [9.17, 15) is 14.0 Å². The van der Waals surface area contributed by atoms with E-state index in [1.54, 1.807) is 35.9 Å². The second kappa shape index (κ2) is 9.73. The molecule has 1 heterocycles. The molecule has 0 saturated carbocycles. The van der Waals surface area contributed by atoms with Gasteiger partial charge in [-0.3, -0.25) is 9.59 Å². The zero-order chi connectivity index (χ0) is 21.7. The first-order valence-corrected chi connectivity index (χ1v) is 10.3. The lowest BCUT2D eigenvalue weighted by atomic mass is 10.2. The highest BCUT2D eigenvalue weighted by Crippen LogP contribution is 2.22. The second-order valence-electron chi connectivity index (χ2n) is 6.43. The summed E-state index contributed by atoms with van der Waals surface area (Å²) in [5.41, 5.74) is 0.960. The molecule has 0 aliphatic rings. The van der Waals surface area contributed by atoms with Crippen LogP contribution in [0.25, 0.3) is 0 Å². The number of hydrogen-bond donors (Lipinski definition) is 2. The van der Waals surface area contributed by atoms with E-state index in [4.69, 9.17) is 11.6 Å². The molecule has 0 spiro atoms. The Balaban J connectivity index is 1.57. The van der Waals surface area contributed by atoms with Gasteiger partial charge in [0.25, 0.3) is 5.91 Å². The van der Waals surface area contributed by atoms with Gasteiger partial charge in [0.15, 0.2) is 11.0 Å². The third-order valence-electron chi connectivity index (χ3n) is 4.18. The minimum Gasteiger partial charge on any atom is -0.342 e. The minimum absolute atomic E-state index is 0.0649. The Morgan fingerprint density at radius 1 is 1.20 bits per heavy atom. The molecular weight excluding hydrogens is 429 g/mol. The first-order valence-electron chi connectivity index (χ1n) is 8.98. The molecule has 2 aromatic carbocycles. The average molecular weight is 448 g/mol. The molecule has 0 radical (unpaired) electrons. The summed E-state index contributed by atoms with van der Waals surface area (Å²) in [7, 11) is 1.76. The molecule has 3 aromatic rings. The molecule has 30 heavy (non-hydrogen) atoms. The van der Waals surface area contributed by atoms with Crippen LogP contribution in [-0.4, -0.2) is 32.3 Å². The molecule has 0 aliphatic heterocycles. The largest absolute Gasteiger partial charge is 0.342 e. The van der Waals surface area contributed by atoms with Gasteiger partial charge in [-0.15, -0.1) is 10.2 Å². The van der Waals surface area contributed by atoms with Crippen LogP contribution in [0.3, 0.4) is 0 Å². The van der Waals surface area contributed by atoms with Gasteiger partial charge in [0.1, 0.15) is 5.82 Å². The Morgan fingerprint density at radius 2 is 1.93 bits per heavy atom. The van der Waals surface area contributed by atoms with Crippen LogP contribution in [0, 0.1) is 5.82 Å². The molecule has 0 bridgehead atoms. The van der Waals surface area contributed by atoms with E-state index >= 15 is 0 Å². The van der Waals surface area contributed by atoms with Gasteiger partial charge in [0.2, 0.25) is 5.91 Å². The van der Waals surface area contributed by atoms with Crippen LogP contribution in [0.1, 0.15) is 29.1 Å². The minimum atomic E-state index is -0.552. The Morgan fingerprint density at radius 3 is 2.63 bits per heavy atom. The first-order chi connectivity index (χ1) is 14.3. The van der Waals surface area contributed by atoms with Gasteiger partial charge in [-0.1, -0.05) is 41.6 Å². The van der Waals surface area contributed by atoms with Crippen molar-refractivity contribution in [2.45, 2.75) is 18.1 Å². The fourth-order valence-electron chi connectivity index (χ4n) is 2.66. The number of aromatic nitrogens is 3. The summed E-state index contributed by atoms with van der Waals surface area (Å²) < 4.78 is 14.9. The van der Waals surface area contributed by atoms with Gasteiger partial charge in [-0.05, 0) is 37.3 Å². The Bertz CT molecular complexity index is 1060. The van der Waals surface area contributed by atoms with Crippen molar-refractivity contribution in [2.75, 3.05) is 11.1 Å². The van der Waals surface area contributed by atoms with Crippen LogP contribution >= 0.6 is 23.4 Å². The fourth-order valence-corrected chi connectivity index (χ4v) is 3.56. The molecule has 3 rings (SSSR count). The molecular formula is C20H19ClFN5O2S. The smallest absolute Gasteiger partial charge is 0.251 e. The standard InChI is InChI=1S/C20H19ClFN5O2S/c1-12(23-19(29)13-6-4-3-5-7-13)18-25-26-20(27(18)2)30-11-17(28)24-14-8-9-16(22)15(21)10-14/h3-10,12H,11H2,1-2H3,(H,23,29)(H,24,28)/t12-/m0/s1. The molecule has 10 heteroatoms. The van der Waals surface area contributed by atoms with E-state index in [1.165, 1.54) is 30.0 Å². The van der Waals surface area contributed by atoms with Crippen molar-refractivity contribution in [3.8, 4) is 0 Å². The zero-order valence-corrected chi connectivity index (χ0v) is 17.8. The molecule has 0 aliphatic carbocycles. The van der Waals surface area contributed by atoms with Crippen LogP contribution in [0.4, 0.5) is 10.1 Å². The predicted molar refractivity (Wildman–Crippen MR) is 114 cm³/mol. The maximum atomic E-state index is 13.2. The van der Waals surface area contributed by atoms with Crippen LogP contribution in [0.2, 0.25) is 5.02 Å². The monoisotopic (exact) mass is 447 g/mol. The number of anilines is 1. The summed E-state index contributed by atoms with van der Waals surface area (Å²) in [6.45, 7) is 1.81. The van der Waals surface area contributed by atoms with E-state index in [0.29, 0.717) is 22.2 Å². The van der Waals surface area contributed by atoms with Crippen molar-refractivity contribution in [3.05, 3.63) is 70.8 Å². The van der Waals surface area contributed by atoms with Crippen LogP contribution in [0.15, 0.2) is 53.7 Å². The zero-order valence-electron chi connectivity index (χ0n) is 16.2. The van der Waals surface area contributed by atoms with E-state index < -0.39 is 5.82 Å². The van der Waals surface area contributed by atoms with Crippen molar-refractivity contribution >= 4 is 40.9 Å². The molecule has 0 fully saturated rings. The molecule has 2 N–H and O–H groups in total. The van der Waals surface area contributed by atoms with E-state index in [0.717, 1.165) is 0 Å². The number of nitrogens with one attached hydrogen (secondary N) is 2. The van der Waals surface area contributed by atoms with E-state index in [2.05, 4.69) is 20.8 Å². The van der Waals surface area contributed by atoms with Crippen LogP contribution < -0.4 is 10.6 Å². The molecule has 2 amide bonds. The summed E-state index contributed by atoms with van der Waals surface area (Å²) in [5.74, 6) is -0.418. The number of rotatable bonds is 7. The number of hydrogen-bond acceptors (Lipinski definition) is 5.